The van der Waals surface area contributed by atoms with E-state index in [0.717, 1.165) is 0 Å². The molecule has 3 rings (SSSR count). The van der Waals surface area contributed by atoms with Gasteiger partial charge in [-0.15, -0.1) is 0 Å². The van der Waals surface area contributed by atoms with Crippen LogP contribution in [0.3, 0.4) is 0 Å². The fourth-order valence-electron chi connectivity index (χ4n) is 2.73. The Balaban J connectivity index is 1.83. The quantitative estimate of drug-likeness (QED) is 0.299. The minimum atomic E-state index is -0.649. The molecule has 0 atom stereocenters. The van der Waals surface area contributed by atoms with Crippen LogP contribution in [0.4, 0.5) is 23.0 Å². The van der Waals surface area contributed by atoms with Gasteiger partial charge >= 0.3 is 11.9 Å². The zero-order valence-electron chi connectivity index (χ0n) is 17.5. The number of carbonyl (C=O) groups excluding carboxylic acids is 3. The highest BCUT2D eigenvalue weighted by atomic mass is 35.5. The predicted octanol–water partition coefficient (Wildman–Crippen LogP) is 2.79. The van der Waals surface area contributed by atoms with Crippen molar-refractivity contribution in [3.05, 3.63) is 70.5 Å². The number of halogens is 1. The molecule has 11 nitrogen and oxygen atoms in total. The van der Waals surface area contributed by atoms with Crippen LogP contribution >= 0.6 is 11.6 Å². The fourth-order valence-corrected chi connectivity index (χ4v) is 2.95. The number of hydrogen-bond acceptors (Lipinski definition) is 10. The van der Waals surface area contributed by atoms with Crippen LogP contribution in [0.1, 0.15) is 31.1 Å². The Morgan fingerprint density at radius 1 is 0.939 bits per heavy atom. The molecule has 0 radical (unpaired) electrons. The second-order valence-corrected chi connectivity index (χ2v) is 6.86. The van der Waals surface area contributed by atoms with E-state index in [1.54, 1.807) is 24.3 Å². The minimum absolute atomic E-state index is 0.0556. The first-order valence-electron chi connectivity index (χ1n) is 9.34. The molecule has 3 aromatic rings. The van der Waals surface area contributed by atoms with Crippen LogP contribution in [0.25, 0.3) is 0 Å². The molecule has 0 fully saturated rings. The molecule has 33 heavy (non-hydrogen) atoms. The van der Waals surface area contributed by atoms with Crippen LogP contribution in [0.2, 0.25) is 5.02 Å². The Morgan fingerprint density at radius 3 is 2.15 bits per heavy atom. The Hall–Kier alpha value is -4.38. The van der Waals surface area contributed by atoms with Gasteiger partial charge in [0.05, 0.1) is 35.9 Å². The molecule has 0 unspecified atom stereocenters. The normalized spacial score (nSPS) is 10.2. The number of methoxy groups -OCH3 is 2. The third kappa shape index (κ3) is 5.46. The van der Waals surface area contributed by atoms with Crippen LogP contribution in [-0.4, -0.2) is 42.0 Å². The number of anilines is 4. The number of nitrogens with one attached hydrogen (secondary N) is 3. The van der Waals surface area contributed by atoms with E-state index in [1.807, 2.05) is 0 Å². The van der Waals surface area contributed by atoms with E-state index in [0.29, 0.717) is 5.69 Å². The van der Waals surface area contributed by atoms with Gasteiger partial charge in [0, 0.05) is 5.69 Å². The third-order valence-corrected chi connectivity index (χ3v) is 4.66. The first kappa shape index (κ1) is 23.3. The Labute approximate surface area is 193 Å². The average molecular weight is 471 g/mol. The van der Waals surface area contributed by atoms with E-state index in [1.165, 1.54) is 38.7 Å². The smallest absolute Gasteiger partial charge is 0.337 e. The van der Waals surface area contributed by atoms with Gasteiger partial charge in [0.2, 0.25) is 0 Å². The van der Waals surface area contributed by atoms with Crippen LogP contribution < -0.4 is 21.9 Å². The van der Waals surface area contributed by atoms with Gasteiger partial charge < -0.3 is 20.5 Å². The van der Waals surface area contributed by atoms with E-state index in [2.05, 4.69) is 26.1 Å². The number of nitrogens with zero attached hydrogens (tertiary/aromatic N) is 2. The van der Waals surface area contributed by atoms with Gasteiger partial charge in [0.15, 0.2) is 11.6 Å². The SMILES string of the molecule is COC(=O)c1cc(Nc2ncnc(NNC(=O)c3ccccc3Cl)c2N)cc(C(=O)OC)c1. The van der Waals surface area contributed by atoms with Crippen molar-refractivity contribution in [1.82, 2.24) is 15.4 Å². The molecule has 0 aliphatic heterocycles. The van der Waals surface area contributed by atoms with Crippen LogP contribution in [0, 0.1) is 0 Å². The number of esters is 2. The Bertz CT molecular complexity index is 1190. The molecule has 5 N–H and O–H groups in total. The van der Waals surface area contributed by atoms with E-state index in [4.69, 9.17) is 26.8 Å². The largest absolute Gasteiger partial charge is 0.465 e. The van der Waals surface area contributed by atoms with Crippen molar-refractivity contribution in [3.63, 3.8) is 0 Å². The molecular weight excluding hydrogens is 452 g/mol. The fraction of sp³-hybridized carbons (Fsp3) is 0.0952. The summed E-state index contributed by atoms with van der Waals surface area (Å²) in [6.45, 7) is 0. The highest BCUT2D eigenvalue weighted by Gasteiger charge is 2.16. The van der Waals surface area contributed by atoms with E-state index in [-0.39, 0.29) is 39.0 Å². The first-order valence-corrected chi connectivity index (χ1v) is 9.72. The number of nitrogens with two attached hydrogens (primary N) is 1. The van der Waals surface area contributed by atoms with Gasteiger partial charge in [-0.05, 0) is 30.3 Å². The number of hydrogen-bond donors (Lipinski definition) is 4. The lowest BCUT2D eigenvalue weighted by Crippen LogP contribution is -2.30. The Kier molecular flexibility index (Phi) is 7.26. The number of amides is 1. The summed E-state index contributed by atoms with van der Waals surface area (Å²) in [6.07, 6.45) is 1.20. The average Bonchev–Trinajstić information content (AvgIpc) is 2.83. The molecule has 1 aromatic heterocycles. The van der Waals surface area contributed by atoms with Gasteiger partial charge in [0.25, 0.3) is 5.91 Å². The van der Waals surface area contributed by atoms with Crippen molar-refractivity contribution in [2.45, 2.75) is 0 Å². The molecule has 0 aliphatic rings. The van der Waals surface area contributed by atoms with Gasteiger partial charge in [-0.3, -0.25) is 15.6 Å². The van der Waals surface area contributed by atoms with Gasteiger partial charge in [-0.2, -0.15) is 0 Å². The number of ether oxygens (including phenoxy) is 2. The topological polar surface area (TPSA) is 158 Å². The lowest BCUT2D eigenvalue weighted by Gasteiger charge is -2.14. The molecule has 12 heteroatoms. The number of hydrazine groups is 1. The third-order valence-electron chi connectivity index (χ3n) is 4.33. The number of rotatable bonds is 7. The molecule has 0 saturated carbocycles. The molecule has 0 bridgehead atoms. The first-order chi connectivity index (χ1) is 15.8. The van der Waals surface area contributed by atoms with Crippen molar-refractivity contribution in [2.24, 2.45) is 0 Å². The molecule has 1 heterocycles. The van der Waals surface area contributed by atoms with Crippen molar-refractivity contribution in [1.29, 1.82) is 0 Å². The number of carbonyl (C=O) groups is 3. The maximum Gasteiger partial charge on any atom is 0.337 e. The molecule has 0 aliphatic carbocycles. The molecule has 0 spiro atoms. The molecule has 170 valence electrons. The monoisotopic (exact) mass is 470 g/mol. The summed E-state index contributed by atoms with van der Waals surface area (Å²) in [4.78, 5) is 44.4. The zero-order chi connectivity index (χ0) is 24.0. The number of aromatic nitrogens is 2. The Morgan fingerprint density at radius 2 is 1.55 bits per heavy atom. The summed E-state index contributed by atoms with van der Waals surface area (Å²) < 4.78 is 9.45. The molecular formula is C21H19ClN6O5. The van der Waals surface area contributed by atoms with Crippen molar-refractivity contribution >= 4 is 52.5 Å². The number of nitrogen functional groups attached to an aromatic ring is 1. The maximum atomic E-state index is 12.3. The van der Waals surface area contributed by atoms with E-state index < -0.39 is 17.8 Å². The van der Waals surface area contributed by atoms with Crippen molar-refractivity contribution in [2.75, 3.05) is 30.7 Å². The highest BCUT2D eigenvalue weighted by Crippen LogP contribution is 2.27. The highest BCUT2D eigenvalue weighted by molar-refractivity contribution is 6.33. The summed E-state index contributed by atoms with van der Waals surface area (Å²) in [5.74, 6) is -1.54. The predicted molar refractivity (Wildman–Crippen MR) is 121 cm³/mol. The minimum Gasteiger partial charge on any atom is -0.465 e. The van der Waals surface area contributed by atoms with Gasteiger partial charge in [-0.1, -0.05) is 23.7 Å². The maximum absolute atomic E-state index is 12.3. The lowest BCUT2D eigenvalue weighted by molar-refractivity contribution is 0.0599. The second kappa shape index (κ2) is 10.3. The van der Waals surface area contributed by atoms with Gasteiger partial charge in [0.1, 0.15) is 12.0 Å². The van der Waals surface area contributed by atoms with Crippen molar-refractivity contribution < 1.29 is 23.9 Å². The molecule has 0 saturated heterocycles. The van der Waals surface area contributed by atoms with Crippen LogP contribution in [0.15, 0.2) is 48.8 Å². The zero-order valence-corrected chi connectivity index (χ0v) is 18.3. The summed E-state index contributed by atoms with van der Waals surface area (Å²) >= 11 is 6.02. The van der Waals surface area contributed by atoms with Crippen LogP contribution in [-0.2, 0) is 9.47 Å². The molecule has 2 aromatic carbocycles. The van der Waals surface area contributed by atoms with Crippen LogP contribution in [0.5, 0.6) is 0 Å². The summed E-state index contributed by atoms with van der Waals surface area (Å²) in [7, 11) is 2.44. The summed E-state index contributed by atoms with van der Waals surface area (Å²) in [5.41, 5.74) is 12.1. The van der Waals surface area contributed by atoms with E-state index >= 15 is 0 Å². The van der Waals surface area contributed by atoms with Crippen molar-refractivity contribution in [3.8, 4) is 0 Å². The second-order valence-electron chi connectivity index (χ2n) is 6.45. The summed E-state index contributed by atoms with van der Waals surface area (Å²) in [6, 6.07) is 10.8. The lowest BCUT2D eigenvalue weighted by atomic mass is 10.1. The molecule has 1 amide bonds. The van der Waals surface area contributed by atoms with Gasteiger partial charge in [-0.25, -0.2) is 19.6 Å². The van der Waals surface area contributed by atoms with E-state index in [9.17, 15) is 14.4 Å². The number of benzene rings is 2. The standard InChI is InChI=1S/C21H19ClN6O5/c1-32-20(30)11-7-12(21(31)33-2)9-13(8-11)26-17-16(23)18(25-10-24-17)27-28-19(29)14-5-3-4-6-15(14)22/h3-10H,23H2,1-2H3,(H,28,29)(H2,24,25,26,27). The summed E-state index contributed by atoms with van der Waals surface area (Å²) in [5, 5.41) is 3.19.